The van der Waals surface area contributed by atoms with Crippen molar-refractivity contribution in [2.75, 3.05) is 6.54 Å². The number of carbonyl (C=O) groups excluding carboxylic acids is 3. The zero-order valence-electron chi connectivity index (χ0n) is 20.4. The Balaban J connectivity index is 1.66. The summed E-state index contributed by atoms with van der Waals surface area (Å²) in [6, 6.07) is 19.3. The first kappa shape index (κ1) is 22.5. The van der Waals surface area contributed by atoms with Gasteiger partial charge in [-0.2, -0.15) is 5.10 Å². The average molecular weight is 458 g/mol. The molecule has 6 heteroatoms. The summed E-state index contributed by atoms with van der Waals surface area (Å²) in [5.41, 5.74) is -0.236. The first-order valence-electron chi connectivity index (χ1n) is 11.9. The molecule has 2 aliphatic heterocycles. The number of rotatable bonds is 4. The third-order valence-corrected chi connectivity index (χ3v) is 7.55. The first-order chi connectivity index (χ1) is 16.1. The van der Waals surface area contributed by atoms with E-state index in [2.05, 4.69) is 0 Å². The van der Waals surface area contributed by atoms with E-state index in [4.69, 9.17) is 5.10 Å². The molecule has 0 aromatic heterocycles. The summed E-state index contributed by atoms with van der Waals surface area (Å²) in [7, 11) is 0. The molecule has 2 aromatic rings. The SMILES string of the molecule is CC(C)C1=NN(C(C)(C)C)C(=O)C12[C@@H](c1ccccc1)C21CN(Cc2ccccc2)C(=O)C1=O. The lowest BCUT2D eigenvalue weighted by molar-refractivity contribution is -0.143. The Bertz CT molecular complexity index is 1200. The molecular formula is C28H31N3O3. The van der Waals surface area contributed by atoms with E-state index in [0.29, 0.717) is 12.3 Å². The second kappa shape index (κ2) is 7.36. The molecule has 1 saturated carbocycles. The lowest BCUT2D eigenvalue weighted by Gasteiger charge is -2.29. The number of Topliss-reactive ketones (excluding diaryl/α,β-unsaturated/α-hetero) is 1. The molecule has 2 heterocycles. The molecule has 2 aromatic carbocycles. The van der Waals surface area contributed by atoms with E-state index in [1.807, 2.05) is 95.3 Å². The van der Waals surface area contributed by atoms with Crippen molar-refractivity contribution in [3.63, 3.8) is 0 Å². The summed E-state index contributed by atoms with van der Waals surface area (Å²) in [5.74, 6) is -1.60. The number of hydrogen-bond acceptors (Lipinski definition) is 4. The molecule has 3 atom stereocenters. The normalized spacial score (nSPS) is 28.6. The van der Waals surface area contributed by atoms with Crippen molar-refractivity contribution in [2.45, 2.75) is 52.6 Å². The van der Waals surface area contributed by atoms with Gasteiger partial charge in [0.25, 0.3) is 11.8 Å². The highest BCUT2D eigenvalue weighted by Gasteiger charge is 2.91. The van der Waals surface area contributed by atoms with Crippen LogP contribution in [0.5, 0.6) is 0 Å². The summed E-state index contributed by atoms with van der Waals surface area (Å²) in [6.45, 7) is 10.4. The molecular weight excluding hydrogens is 426 g/mol. The maximum Gasteiger partial charge on any atom is 0.291 e. The molecule has 176 valence electrons. The van der Waals surface area contributed by atoms with Crippen LogP contribution in [0.15, 0.2) is 65.8 Å². The van der Waals surface area contributed by atoms with Crippen molar-refractivity contribution in [3.05, 3.63) is 71.8 Å². The van der Waals surface area contributed by atoms with E-state index >= 15 is 0 Å². The van der Waals surface area contributed by atoms with E-state index < -0.39 is 34.0 Å². The van der Waals surface area contributed by atoms with Crippen LogP contribution in [0, 0.1) is 16.7 Å². The Kier molecular flexibility index (Phi) is 4.87. The van der Waals surface area contributed by atoms with Crippen LogP contribution in [0.4, 0.5) is 0 Å². The fraction of sp³-hybridized carbons (Fsp3) is 0.429. The number of carbonyl (C=O) groups is 3. The van der Waals surface area contributed by atoms with Crippen LogP contribution in [0.3, 0.4) is 0 Å². The molecule has 1 aliphatic carbocycles. The third kappa shape index (κ3) is 2.80. The number of fused-ring (bicyclic) bond motifs is 1. The molecule has 3 aliphatic rings. The number of nitrogens with zero attached hydrogens (tertiary/aromatic N) is 3. The standard InChI is InChI=1S/C28H31N3O3/c1-18(2)22-28(25(34)31(29-22)26(3,4)5)21(20-14-10-7-11-15-20)27(28)17-30(24(33)23(27)32)16-19-12-8-6-9-13-19/h6-15,18,21H,16-17H2,1-5H3/t21-,27?,28?/m0/s1. The van der Waals surface area contributed by atoms with Crippen LogP contribution in [-0.2, 0) is 20.9 Å². The van der Waals surface area contributed by atoms with Crippen molar-refractivity contribution < 1.29 is 14.4 Å². The van der Waals surface area contributed by atoms with Crippen LogP contribution in [0.1, 0.15) is 51.7 Å². The zero-order chi connectivity index (χ0) is 24.5. The fourth-order valence-corrected chi connectivity index (χ4v) is 6.18. The monoisotopic (exact) mass is 457 g/mol. The van der Waals surface area contributed by atoms with Crippen molar-refractivity contribution in [3.8, 4) is 0 Å². The average Bonchev–Trinajstić information content (AvgIpc) is 3.15. The second-order valence-electron chi connectivity index (χ2n) is 11.0. The number of amides is 2. The summed E-state index contributed by atoms with van der Waals surface area (Å²) in [6.07, 6.45) is 0. The van der Waals surface area contributed by atoms with Gasteiger partial charge in [0.1, 0.15) is 5.41 Å². The van der Waals surface area contributed by atoms with Crippen LogP contribution in [-0.4, -0.2) is 45.3 Å². The summed E-state index contributed by atoms with van der Waals surface area (Å²) in [5, 5.41) is 6.38. The first-order valence-corrected chi connectivity index (χ1v) is 11.9. The van der Waals surface area contributed by atoms with Gasteiger partial charge in [0.2, 0.25) is 5.78 Å². The van der Waals surface area contributed by atoms with Crippen molar-refractivity contribution in [2.24, 2.45) is 21.8 Å². The van der Waals surface area contributed by atoms with Crippen molar-refractivity contribution >= 4 is 23.3 Å². The van der Waals surface area contributed by atoms with Gasteiger partial charge < -0.3 is 4.90 Å². The zero-order valence-corrected chi connectivity index (χ0v) is 20.4. The van der Waals surface area contributed by atoms with Crippen LogP contribution < -0.4 is 0 Å². The van der Waals surface area contributed by atoms with Crippen LogP contribution in [0.25, 0.3) is 0 Å². The van der Waals surface area contributed by atoms with Gasteiger partial charge in [0.15, 0.2) is 0 Å². The molecule has 6 nitrogen and oxygen atoms in total. The molecule has 0 N–H and O–H groups in total. The minimum absolute atomic E-state index is 0.0482. The predicted octanol–water partition coefficient (Wildman–Crippen LogP) is 4.02. The number of ketones is 1. The molecule has 0 radical (unpaired) electrons. The Morgan fingerprint density at radius 1 is 0.971 bits per heavy atom. The van der Waals surface area contributed by atoms with E-state index in [9.17, 15) is 14.4 Å². The molecule has 1 saturated heterocycles. The number of hydrazone groups is 1. The summed E-state index contributed by atoms with van der Waals surface area (Å²) < 4.78 is 0. The van der Waals surface area contributed by atoms with Gasteiger partial charge >= 0.3 is 0 Å². The van der Waals surface area contributed by atoms with Gasteiger partial charge in [0, 0.05) is 19.0 Å². The number of likely N-dealkylation sites (tertiary alicyclic amines) is 1. The van der Waals surface area contributed by atoms with Gasteiger partial charge in [-0.05, 0) is 37.8 Å². The molecule has 34 heavy (non-hydrogen) atoms. The van der Waals surface area contributed by atoms with Gasteiger partial charge in [-0.15, -0.1) is 0 Å². The highest BCUT2D eigenvalue weighted by molar-refractivity contribution is 6.45. The minimum atomic E-state index is -1.14. The topological polar surface area (TPSA) is 70.1 Å². The molecule has 2 spiro atoms. The number of benzene rings is 2. The molecule has 0 bridgehead atoms. The van der Waals surface area contributed by atoms with Gasteiger partial charge in [-0.1, -0.05) is 74.5 Å². The molecule has 2 amide bonds. The summed E-state index contributed by atoms with van der Waals surface area (Å²) >= 11 is 0. The molecule has 2 fully saturated rings. The Morgan fingerprint density at radius 2 is 1.56 bits per heavy atom. The van der Waals surface area contributed by atoms with Crippen LogP contribution >= 0.6 is 0 Å². The van der Waals surface area contributed by atoms with E-state index in [1.54, 1.807) is 9.91 Å². The largest absolute Gasteiger partial charge is 0.331 e. The minimum Gasteiger partial charge on any atom is -0.331 e. The third-order valence-electron chi connectivity index (χ3n) is 7.55. The van der Waals surface area contributed by atoms with Gasteiger partial charge in [-0.3, -0.25) is 14.4 Å². The Morgan fingerprint density at radius 3 is 2.12 bits per heavy atom. The highest BCUT2D eigenvalue weighted by Crippen LogP contribution is 2.79. The summed E-state index contributed by atoms with van der Waals surface area (Å²) in [4.78, 5) is 43.1. The van der Waals surface area contributed by atoms with Gasteiger partial charge in [-0.25, -0.2) is 5.01 Å². The fourth-order valence-electron chi connectivity index (χ4n) is 6.18. The second-order valence-corrected chi connectivity index (χ2v) is 11.0. The lowest BCUT2D eigenvalue weighted by Crippen LogP contribution is -2.44. The van der Waals surface area contributed by atoms with Crippen LogP contribution in [0.2, 0.25) is 0 Å². The maximum atomic E-state index is 14.2. The smallest absolute Gasteiger partial charge is 0.291 e. The maximum absolute atomic E-state index is 14.2. The molecule has 2 unspecified atom stereocenters. The predicted molar refractivity (Wildman–Crippen MR) is 130 cm³/mol. The Hall–Kier alpha value is -3.28. The lowest BCUT2D eigenvalue weighted by atomic mass is 9.81. The van der Waals surface area contributed by atoms with E-state index in [0.717, 1.165) is 11.1 Å². The van der Waals surface area contributed by atoms with Crippen molar-refractivity contribution in [1.82, 2.24) is 9.91 Å². The van der Waals surface area contributed by atoms with E-state index in [1.165, 1.54) is 0 Å². The van der Waals surface area contributed by atoms with Crippen molar-refractivity contribution in [1.29, 1.82) is 0 Å². The number of hydrogen-bond donors (Lipinski definition) is 0. The quantitative estimate of drug-likeness (QED) is 0.651. The molecule has 5 rings (SSSR count). The van der Waals surface area contributed by atoms with E-state index in [-0.39, 0.29) is 18.4 Å². The highest BCUT2D eigenvalue weighted by atomic mass is 16.2. The van der Waals surface area contributed by atoms with Gasteiger partial charge in [0.05, 0.1) is 16.7 Å². The Labute approximate surface area is 200 Å².